The van der Waals surface area contributed by atoms with Crippen molar-refractivity contribution in [2.75, 3.05) is 18.0 Å². The van der Waals surface area contributed by atoms with Crippen molar-refractivity contribution in [2.45, 2.75) is 20.4 Å². The second-order valence-electron chi connectivity index (χ2n) is 4.43. The van der Waals surface area contributed by atoms with E-state index < -0.39 is 0 Å². The van der Waals surface area contributed by atoms with Gasteiger partial charge in [0.15, 0.2) is 0 Å². The summed E-state index contributed by atoms with van der Waals surface area (Å²) in [5.41, 5.74) is 6.41. The Balaban J connectivity index is 2.16. The van der Waals surface area contributed by atoms with E-state index in [1.54, 1.807) is 6.20 Å². The predicted octanol–water partition coefficient (Wildman–Crippen LogP) is 1.03. The van der Waals surface area contributed by atoms with Gasteiger partial charge < -0.3 is 10.6 Å². The van der Waals surface area contributed by atoms with Crippen molar-refractivity contribution in [3.8, 4) is 0 Å². The highest BCUT2D eigenvalue weighted by atomic mass is 15.2. The molecule has 4 nitrogen and oxygen atoms in total. The van der Waals surface area contributed by atoms with Crippen LogP contribution in [0.15, 0.2) is 12.4 Å². The topological polar surface area (TPSA) is 55.0 Å². The first-order chi connectivity index (χ1) is 7.20. The van der Waals surface area contributed by atoms with Gasteiger partial charge in [-0.05, 0) is 11.8 Å². The molecule has 82 valence electrons. The summed E-state index contributed by atoms with van der Waals surface area (Å²) < 4.78 is 0. The monoisotopic (exact) mass is 206 g/mol. The molecule has 0 aromatic carbocycles. The van der Waals surface area contributed by atoms with E-state index in [-0.39, 0.29) is 0 Å². The van der Waals surface area contributed by atoms with Crippen molar-refractivity contribution >= 4 is 5.82 Å². The van der Waals surface area contributed by atoms with E-state index in [1.165, 1.54) is 0 Å². The van der Waals surface area contributed by atoms with Crippen LogP contribution >= 0.6 is 0 Å². The van der Waals surface area contributed by atoms with Crippen LogP contribution in [0.5, 0.6) is 0 Å². The van der Waals surface area contributed by atoms with E-state index in [0.29, 0.717) is 6.54 Å². The van der Waals surface area contributed by atoms with Crippen molar-refractivity contribution in [1.82, 2.24) is 9.97 Å². The fourth-order valence-corrected chi connectivity index (χ4v) is 1.96. The lowest BCUT2D eigenvalue weighted by Gasteiger charge is -2.16. The summed E-state index contributed by atoms with van der Waals surface area (Å²) in [6.45, 7) is 7.17. The smallest absolute Gasteiger partial charge is 0.147 e. The van der Waals surface area contributed by atoms with E-state index in [9.17, 15) is 0 Å². The molecule has 2 atom stereocenters. The van der Waals surface area contributed by atoms with Crippen LogP contribution in [0.3, 0.4) is 0 Å². The van der Waals surface area contributed by atoms with Gasteiger partial charge >= 0.3 is 0 Å². The number of nitrogens with two attached hydrogens (primary N) is 1. The number of aromatic nitrogens is 2. The molecule has 0 saturated carbocycles. The minimum atomic E-state index is 0.458. The molecule has 1 aliphatic rings. The fourth-order valence-electron chi connectivity index (χ4n) is 1.96. The van der Waals surface area contributed by atoms with Crippen LogP contribution < -0.4 is 10.6 Å². The third kappa shape index (κ3) is 2.09. The Labute approximate surface area is 90.5 Å². The number of rotatable bonds is 2. The SMILES string of the molecule is CC1CN(c2cncc(CN)n2)CC1C. The molecular formula is C11H18N4. The number of hydrogen-bond donors (Lipinski definition) is 1. The maximum absolute atomic E-state index is 5.55. The molecule has 0 radical (unpaired) electrons. The lowest BCUT2D eigenvalue weighted by molar-refractivity contribution is 0.494. The molecule has 2 unspecified atom stereocenters. The molecule has 4 heteroatoms. The molecule has 15 heavy (non-hydrogen) atoms. The molecule has 2 rings (SSSR count). The molecule has 0 spiro atoms. The summed E-state index contributed by atoms with van der Waals surface area (Å²) in [7, 11) is 0. The molecule has 2 N–H and O–H groups in total. The van der Waals surface area contributed by atoms with Crippen molar-refractivity contribution in [2.24, 2.45) is 17.6 Å². The van der Waals surface area contributed by atoms with Gasteiger partial charge in [0, 0.05) is 25.8 Å². The summed E-state index contributed by atoms with van der Waals surface area (Å²) >= 11 is 0. The second kappa shape index (κ2) is 4.14. The average molecular weight is 206 g/mol. The third-order valence-electron chi connectivity index (χ3n) is 3.19. The summed E-state index contributed by atoms with van der Waals surface area (Å²) in [5.74, 6) is 2.43. The molecule has 2 heterocycles. The van der Waals surface area contributed by atoms with Crippen LogP contribution in [0.1, 0.15) is 19.5 Å². The highest BCUT2D eigenvalue weighted by Crippen LogP contribution is 2.25. The van der Waals surface area contributed by atoms with Crippen molar-refractivity contribution in [3.05, 3.63) is 18.1 Å². The summed E-state index contributed by atoms with van der Waals surface area (Å²) in [5, 5.41) is 0. The molecule has 0 bridgehead atoms. The Kier molecular flexibility index (Phi) is 2.86. The van der Waals surface area contributed by atoms with E-state index >= 15 is 0 Å². The third-order valence-corrected chi connectivity index (χ3v) is 3.19. The van der Waals surface area contributed by atoms with Gasteiger partial charge in [-0.15, -0.1) is 0 Å². The summed E-state index contributed by atoms with van der Waals surface area (Å²) in [6, 6.07) is 0. The van der Waals surface area contributed by atoms with E-state index in [4.69, 9.17) is 5.73 Å². The van der Waals surface area contributed by atoms with Gasteiger partial charge in [-0.2, -0.15) is 0 Å². The molecule has 1 aromatic heterocycles. The zero-order valence-corrected chi connectivity index (χ0v) is 9.35. The zero-order chi connectivity index (χ0) is 10.8. The Morgan fingerprint density at radius 1 is 1.33 bits per heavy atom. The first kappa shape index (κ1) is 10.4. The van der Waals surface area contributed by atoms with E-state index in [1.807, 2.05) is 6.20 Å². The maximum atomic E-state index is 5.55. The minimum Gasteiger partial charge on any atom is -0.355 e. The highest BCUT2D eigenvalue weighted by molar-refractivity contribution is 5.38. The van der Waals surface area contributed by atoms with Crippen molar-refractivity contribution < 1.29 is 0 Å². The van der Waals surface area contributed by atoms with Crippen LogP contribution in [0, 0.1) is 11.8 Å². The van der Waals surface area contributed by atoms with Crippen LogP contribution in [0.2, 0.25) is 0 Å². The molecule has 0 aliphatic carbocycles. The van der Waals surface area contributed by atoms with Crippen LogP contribution in [0.25, 0.3) is 0 Å². The number of nitrogens with zero attached hydrogens (tertiary/aromatic N) is 3. The number of anilines is 1. The van der Waals surface area contributed by atoms with Gasteiger partial charge in [-0.3, -0.25) is 4.98 Å². The Morgan fingerprint density at radius 3 is 2.60 bits per heavy atom. The van der Waals surface area contributed by atoms with E-state index in [0.717, 1.165) is 36.4 Å². The Morgan fingerprint density at radius 2 is 2.00 bits per heavy atom. The van der Waals surface area contributed by atoms with Gasteiger partial charge in [-0.25, -0.2) is 4.98 Å². The molecule has 1 aliphatic heterocycles. The van der Waals surface area contributed by atoms with Gasteiger partial charge in [0.1, 0.15) is 5.82 Å². The lowest BCUT2D eigenvalue weighted by atomic mass is 10.0. The highest BCUT2D eigenvalue weighted by Gasteiger charge is 2.26. The van der Waals surface area contributed by atoms with Crippen LogP contribution in [-0.4, -0.2) is 23.1 Å². The zero-order valence-electron chi connectivity index (χ0n) is 9.35. The molecular weight excluding hydrogens is 188 g/mol. The lowest BCUT2D eigenvalue weighted by Crippen LogP contribution is -2.21. The molecule has 1 saturated heterocycles. The van der Waals surface area contributed by atoms with Crippen LogP contribution in [0.4, 0.5) is 5.82 Å². The molecule has 1 aromatic rings. The Hall–Kier alpha value is -1.16. The van der Waals surface area contributed by atoms with Crippen molar-refractivity contribution in [1.29, 1.82) is 0 Å². The first-order valence-electron chi connectivity index (χ1n) is 5.46. The quantitative estimate of drug-likeness (QED) is 0.785. The molecule has 1 fully saturated rings. The second-order valence-corrected chi connectivity index (χ2v) is 4.43. The number of hydrogen-bond acceptors (Lipinski definition) is 4. The fraction of sp³-hybridized carbons (Fsp3) is 0.636. The normalized spacial score (nSPS) is 25.9. The Bertz CT molecular complexity index is 329. The summed E-state index contributed by atoms with van der Waals surface area (Å²) in [6.07, 6.45) is 3.55. The van der Waals surface area contributed by atoms with E-state index in [2.05, 4.69) is 28.7 Å². The standard InChI is InChI=1S/C11H18N4/c1-8-6-15(7-9(8)2)11-5-13-4-10(3-12)14-11/h4-5,8-9H,3,6-7,12H2,1-2H3. The first-order valence-corrected chi connectivity index (χ1v) is 5.46. The molecule has 0 amide bonds. The van der Waals surface area contributed by atoms with Gasteiger partial charge in [0.2, 0.25) is 0 Å². The minimum absolute atomic E-state index is 0.458. The van der Waals surface area contributed by atoms with Gasteiger partial charge in [0.05, 0.1) is 11.9 Å². The van der Waals surface area contributed by atoms with Gasteiger partial charge in [0.25, 0.3) is 0 Å². The van der Waals surface area contributed by atoms with Crippen molar-refractivity contribution in [3.63, 3.8) is 0 Å². The summed E-state index contributed by atoms with van der Waals surface area (Å²) in [4.78, 5) is 10.9. The maximum Gasteiger partial charge on any atom is 0.147 e. The van der Waals surface area contributed by atoms with Gasteiger partial charge in [-0.1, -0.05) is 13.8 Å². The average Bonchev–Trinajstić information content (AvgIpc) is 2.59. The largest absolute Gasteiger partial charge is 0.355 e. The van der Waals surface area contributed by atoms with Crippen LogP contribution in [-0.2, 0) is 6.54 Å². The predicted molar refractivity (Wildman–Crippen MR) is 60.5 cm³/mol.